The highest BCUT2D eigenvalue weighted by atomic mass is 35.5. The van der Waals surface area contributed by atoms with Gasteiger partial charge in [-0.3, -0.25) is 23.2 Å². The molecule has 0 bridgehead atoms. The molecule has 13 nitrogen and oxygen atoms in total. The van der Waals surface area contributed by atoms with E-state index >= 15 is 0 Å². The second-order valence-corrected chi connectivity index (χ2v) is 13.2. The van der Waals surface area contributed by atoms with Gasteiger partial charge >= 0.3 is 19.5 Å². The van der Waals surface area contributed by atoms with Crippen LogP contribution < -0.4 is 5.73 Å². The van der Waals surface area contributed by atoms with Gasteiger partial charge in [0, 0.05) is 0 Å². The normalized spacial score (nSPS) is 15.5. The van der Waals surface area contributed by atoms with E-state index in [4.69, 9.17) is 40.6 Å². The largest absolute Gasteiger partial charge is 0.438 e. The number of nitrogen functional groups attached to an aromatic ring is 1. The molecule has 1 fully saturated rings. The summed E-state index contributed by atoms with van der Waals surface area (Å²) >= 11 is 6.10. The predicted octanol–water partition coefficient (Wildman–Crippen LogP) is 3.89. The molecule has 0 spiro atoms. The molecule has 0 atom stereocenters. The first kappa shape index (κ1) is 29.2. The Bertz CT molecular complexity index is 1170. The van der Waals surface area contributed by atoms with Crippen LogP contribution in [0.4, 0.5) is 5.95 Å². The van der Waals surface area contributed by atoms with Gasteiger partial charge in [0.15, 0.2) is 10.8 Å². The van der Waals surface area contributed by atoms with Crippen LogP contribution in [0, 0.1) is 10.8 Å². The van der Waals surface area contributed by atoms with Crippen molar-refractivity contribution in [1.82, 2.24) is 19.5 Å². The van der Waals surface area contributed by atoms with E-state index in [1.807, 2.05) is 0 Å². The van der Waals surface area contributed by atoms with Crippen molar-refractivity contribution in [2.75, 3.05) is 25.7 Å². The van der Waals surface area contributed by atoms with Gasteiger partial charge < -0.3 is 24.5 Å². The van der Waals surface area contributed by atoms with Crippen LogP contribution in [-0.2, 0) is 44.0 Å². The summed E-state index contributed by atoms with van der Waals surface area (Å²) in [6.45, 7) is 9.08. The number of imidazole rings is 1. The molecule has 2 N–H and O–H groups in total. The molecule has 1 saturated carbocycles. The summed E-state index contributed by atoms with van der Waals surface area (Å²) in [6, 6.07) is 0. The van der Waals surface area contributed by atoms with Crippen LogP contribution in [0.3, 0.4) is 0 Å². The fourth-order valence-corrected chi connectivity index (χ4v) is 4.22. The molecule has 206 valence electrons. The Hall–Kier alpha value is -2.31. The number of anilines is 1. The van der Waals surface area contributed by atoms with Crippen LogP contribution in [-0.4, -0.2) is 57.0 Å². The smallest absolute Gasteiger partial charge is 0.361 e. The minimum absolute atomic E-state index is 0.00549. The van der Waals surface area contributed by atoms with Crippen LogP contribution in [0.5, 0.6) is 0 Å². The number of rotatable bonds is 11. The Balaban J connectivity index is 1.67. The molecule has 0 saturated heterocycles. The highest BCUT2D eigenvalue weighted by molar-refractivity contribution is 7.53. The molecule has 0 radical (unpaired) electrons. The lowest BCUT2D eigenvalue weighted by Crippen LogP contribution is -2.26. The molecule has 1 aliphatic rings. The Morgan fingerprint density at radius 1 is 1.05 bits per heavy atom. The highest BCUT2D eigenvalue weighted by Crippen LogP contribution is 2.52. The van der Waals surface area contributed by atoms with Gasteiger partial charge in [0.2, 0.25) is 19.5 Å². The van der Waals surface area contributed by atoms with Crippen molar-refractivity contribution in [3.05, 3.63) is 11.5 Å². The van der Waals surface area contributed by atoms with Gasteiger partial charge in [-0.2, -0.15) is 9.97 Å². The number of aromatic nitrogens is 4. The third kappa shape index (κ3) is 7.84. The summed E-state index contributed by atoms with van der Waals surface area (Å²) in [7, 11) is -4.01. The third-order valence-electron chi connectivity index (χ3n) is 5.34. The van der Waals surface area contributed by atoms with Crippen LogP contribution in [0.25, 0.3) is 11.2 Å². The van der Waals surface area contributed by atoms with E-state index in [0.29, 0.717) is 30.6 Å². The first-order valence-electron chi connectivity index (χ1n) is 11.5. The quantitative estimate of drug-likeness (QED) is 0.182. The van der Waals surface area contributed by atoms with Crippen molar-refractivity contribution >= 4 is 48.2 Å². The lowest BCUT2D eigenvalue weighted by atomic mass is 9.98. The first-order valence-corrected chi connectivity index (χ1v) is 13.6. The van der Waals surface area contributed by atoms with Crippen molar-refractivity contribution < 1.29 is 37.4 Å². The van der Waals surface area contributed by atoms with Crippen molar-refractivity contribution in [3.63, 3.8) is 0 Å². The topological polar surface area (TPSA) is 167 Å². The van der Waals surface area contributed by atoms with E-state index in [1.54, 1.807) is 52.4 Å². The lowest BCUT2D eigenvalue weighted by Gasteiger charge is -2.24. The molecule has 0 unspecified atom stereocenters. The fourth-order valence-electron chi connectivity index (χ4n) is 2.92. The molecule has 15 heteroatoms. The van der Waals surface area contributed by atoms with Gasteiger partial charge in [-0.15, -0.1) is 0 Å². The van der Waals surface area contributed by atoms with E-state index in [2.05, 4.69) is 15.0 Å². The maximum Gasteiger partial charge on any atom is 0.361 e. The van der Waals surface area contributed by atoms with Crippen molar-refractivity contribution in [3.8, 4) is 0 Å². The van der Waals surface area contributed by atoms with Crippen LogP contribution in [0.1, 0.15) is 54.4 Å². The number of nitrogens with zero attached hydrogens (tertiary/aromatic N) is 4. The summed E-state index contributed by atoms with van der Waals surface area (Å²) in [5, 5.41) is 0.132. The van der Waals surface area contributed by atoms with Gasteiger partial charge in [-0.05, 0) is 54.4 Å². The standard InChI is InChI=1S/C22H33ClN5O8P/c1-20(2,3)17(29)32-11-35-37(31,36-12-33-18(30)21(4,5)6)13-34-22(7-8-22)9-28-10-25-14-15(23)26-19(24)27-16(14)28/h10H,7-9,11-13H2,1-6H3,(H2,24,26,27). The lowest BCUT2D eigenvalue weighted by molar-refractivity contribution is -0.162. The van der Waals surface area contributed by atoms with Gasteiger partial charge in [-0.25, -0.2) is 4.98 Å². The van der Waals surface area contributed by atoms with Gasteiger partial charge in [-0.1, -0.05) is 11.6 Å². The van der Waals surface area contributed by atoms with E-state index in [1.165, 1.54) is 0 Å². The van der Waals surface area contributed by atoms with Gasteiger partial charge in [0.25, 0.3) is 0 Å². The maximum absolute atomic E-state index is 13.4. The number of carbonyl (C=O) groups is 2. The Morgan fingerprint density at radius 3 is 2.08 bits per heavy atom. The number of carbonyl (C=O) groups excluding carboxylic acids is 2. The van der Waals surface area contributed by atoms with E-state index < -0.39 is 55.9 Å². The summed E-state index contributed by atoms with van der Waals surface area (Å²) in [5.41, 5.74) is 4.28. The highest BCUT2D eigenvalue weighted by Gasteiger charge is 2.47. The average Bonchev–Trinajstić information content (AvgIpc) is 3.43. The minimum Gasteiger partial charge on any atom is -0.438 e. The SMILES string of the molecule is CC(C)(C)C(=O)OCOP(=O)(COC1(Cn2cnc3c(Cl)nc(N)nc32)CC1)OCOC(=O)C(C)(C)C. The second kappa shape index (κ2) is 10.8. The molecular formula is C22H33ClN5O8P. The number of hydrogen-bond donors (Lipinski definition) is 1. The predicted molar refractivity (Wildman–Crippen MR) is 133 cm³/mol. The molecular weight excluding hydrogens is 529 g/mol. The van der Waals surface area contributed by atoms with Crippen molar-refractivity contribution in [2.24, 2.45) is 10.8 Å². The number of halogens is 1. The number of nitrogens with two attached hydrogens (primary N) is 1. The van der Waals surface area contributed by atoms with Crippen molar-refractivity contribution in [1.29, 1.82) is 0 Å². The van der Waals surface area contributed by atoms with Gasteiger partial charge in [0.05, 0.1) is 29.3 Å². The molecule has 37 heavy (non-hydrogen) atoms. The third-order valence-corrected chi connectivity index (χ3v) is 7.04. The number of hydrogen-bond acceptors (Lipinski definition) is 12. The summed E-state index contributed by atoms with van der Waals surface area (Å²) in [6.07, 6.45) is 2.37. The monoisotopic (exact) mass is 561 g/mol. The summed E-state index contributed by atoms with van der Waals surface area (Å²) < 4.78 is 41.9. The van der Waals surface area contributed by atoms with Crippen molar-refractivity contribution in [2.45, 2.75) is 66.5 Å². The van der Waals surface area contributed by atoms with E-state index in [-0.39, 0.29) is 11.1 Å². The summed E-state index contributed by atoms with van der Waals surface area (Å²) in [5.74, 6) is -1.10. The zero-order chi connectivity index (χ0) is 27.6. The minimum atomic E-state index is -4.01. The Morgan fingerprint density at radius 2 is 1.59 bits per heavy atom. The zero-order valence-corrected chi connectivity index (χ0v) is 23.4. The molecule has 0 aromatic carbocycles. The van der Waals surface area contributed by atoms with Gasteiger partial charge in [0.1, 0.15) is 11.9 Å². The van der Waals surface area contributed by atoms with E-state index in [9.17, 15) is 14.2 Å². The van der Waals surface area contributed by atoms with Crippen LogP contribution in [0.15, 0.2) is 6.33 Å². The summed E-state index contributed by atoms with van der Waals surface area (Å²) in [4.78, 5) is 36.4. The van der Waals surface area contributed by atoms with E-state index in [0.717, 1.165) is 0 Å². The fraction of sp³-hybridized carbons (Fsp3) is 0.682. The number of esters is 2. The molecule has 0 aliphatic heterocycles. The first-order chi connectivity index (χ1) is 17.0. The molecule has 2 aromatic heterocycles. The average molecular weight is 562 g/mol. The van der Waals surface area contributed by atoms with Crippen LogP contribution >= 0.6 is 19.2 Å². The molecule has 2 heterocycles. The Labute approximate surface area is 219 Å². The molecule has 3 rings (SSSR count). The number of fused-ring (bicyclic) bond motifs is 1. The Kier molecular flexibility index (Phi) is 8.55. The van der Waals surface area contributed by atoms with Crippen LogP contribution in [0.2, 0.25) is 5.15 Å². The second-order valence-electron chi connectivity index (χ2n) is 10.8. The maximum atomic E-state index is 13.4. The molecule has 0 amide bonds. The molecule has 1 aliphatic carbocycles. The zero-order valence-electron chi connectivity index (χ0n) is 21.8. The number of ether oxygens (including phenoxy) is 3. The molecule has 2 aromatic rings.